The van der Waals surface area contributed by atoms with E-state index < -0.39 is 24.3 Å². The van der Waals surface area contributed by atoms with Gasteiger partial charge in [0.2, 0.25) is 0 Å². The van der Waals surface area contributed by atoms with Crippen molar-refractivity contribution in [2.24, 2.45) is 0 Å². The summed E-state index contributed by atoms with van der Waals surface area (Å²) >= 11 is 0. The number of para-hydroxylation sites is 1. The van der Waals surface area contributed by atoms with Crippen LogP contribution in [0.25, 0.3) is 0 Å². The second-order valence-electron chi connectivity index (χ2n) is 2.22. The van der Waals surface area contributed by atoms with E-state index in [4.69, 9.17) is 0 Å². The number of benzene rings is 1. The fourth-order valence-corrected chi connectivity index (χ4v) is 0.656. The van der Waals surface area contributed by atoms with E-state index in [1.807, 2.05) is 0 Å². The summed E-state index contributed by atoms with van der Waals surface area (Å²) in [5.74, 6) is -1.79. The van der Waals surface area contributed by atoms with Gasteiger partial charge in [0.05, 0.1) is 0 Å². The van der Waals surface area contributed by atoms with Crippen LogP contribution < -0.4 is 4.74 Å². The summed E-state index contributed by atoms with van der Waals surface area (Å²) in [6.45, 7) is -2.00. The molecule has 0 saturated carbocycles. The van der Waals surface area contributed by atoms with Crippen LogP contribution in [0.1, 0.15) is 0 Å². The Balaban J connectivity index is 2.80. The molecule has 0 aliphatic carbocycles. The van der Waals surface area contributed by atoms with Crippen LogP contribution >= 0.6 is 0 Å². The highest BCUT2D eigenvalue weighted by Gasteiger charge is 2.32. The summed E-state index contributed by atoms with van der Waals surface area (Å²) < 4.78 is 52.4. The van der Waals surface area contributed by atoms with Crippen LogP contribution in [0.4, 0.5) is 17.6 Å². The molecule has 0 saturated heterocycles. The summed E-state index contributed by atoms with van der Waals surface area (Å²) in [5, 5.41) is 0. The lowest BCUT2D eigenvalue weighted by Crippen LogP contribution is -2.27. The topological polar surface area (TPSA) is 9.23 Å². The van der Waals surface area contributed by atoms with Crippen molar-refractivity contribution in [2.45, 2.75) is 6.11 Å². The smallest absolute Gasteiger partial charge is 0.427 e. The van der Waals surface area contributed by atoms with Gasteiger partial charge in [-0.3, -0.25) is 0 Å². The van der Waals surface area contributed by atoms with E-state index in [9.17, 15) is 17.6 Å². The van der Waals surface area contributed by atoms with E-state index in [1.165, 1.54) is 12.1 Å². The summed E-state index contributed by atoms with van der Waals surface area (Å²) in [7, 11) is 0. The van der Waals surface area contributed by atoms with Gasteiger partial charge in [-0.15, -0.1) is 0 Å². The molecule has 1 aromatic rings. The lowest BCUT2D eigenvalue weighted by atomic mass is 10.3. The van der Waals surface area contributed by atoms with Crippen LogP contribution in [0.2, 0.25) is 0 Å². The van der Waals surface area contributed by atoms with Gasteiger partial charge in [-0.05, 0) is 6.07 Å². The molecule has 0 bridgehead atoms. The lowest BCUT2D eigenvalue weighted by molar-refractivity contribution is -0.187. The Morgan fingerprint density at radius 3 is 2.69 bits per heavy atom. The minimum atomic E-state index is -4.00. The molecule has 13 heavy (non-hydrogen) atoms. The fourth-order valence-electron chi connectivity index (χ4n) is 0.656. The van der Waals surface area contributed by atoms with Crippen molar-refractivity contribution < 1.29 is 22.3 Å². The first-order valence-corrected chi connectivity index (χ1v) is 3.34. The highest BCUT2D eigenvalue weighted by molar-refractivity contribution is 5.22. The van der Waals surface area contributed by atoms with Crippen molar-refractivity contribution >= 4 is 0 Å². The Kier molecular flexibility index (Phi) is 2.75. The zero-order valence-electron chi connectivity index (χ0n) is 6.36. The Hall–Kier alpha value is -1.26. The van der Waals surface area contributed by atoms with Gasteiger partial charge in [0.15, 0.2) is 18.2 Å². The predicted molar refractivity (Wildman–Crippen MR) is 36.8 cm³/mol. The molecule has 1 radical (unpaired) electrons. The molecule has 0 amide bonds. The molecule has 0 aliphatic rings. The first-order valence-electron chi connectivity index (χ1n) is 3.34. The average molecular weight is 193 g/mol. The minimum Gasteiger partial charge on any atom is -0.427 e. The molecule has 0 N–H and O–H groups in total. The maximum absolute atomic E-state index is 12.6. The van der Waals surface area contributed by atoms with E-state index >= 15 is 0 Å². The molecule has 1 rings (SSSR count). The Morgan fingerprint density at radius 1 is 1.46 bits per heavy atom. The Morgan fingerprint density at radius 2 is 2.15 bits per heavy atom. The standard InChI is InChI=1S/C8H5F4O/c9-5-8(11,12)13-7-4-2-1-3-6(7)10/h1-3H,5H2. The third-order valence-corrected chi connectivity index (χ3v) is 1.18. The van der Waals surface area contributed by atoms with Crippen LogP contribution in [-0.2, 0) is 0 Å². The van der Waals surface area contributed by atoms with Crippen molar-refractivity contribution in [1.82, 2.24) is 0 Å². The van der Waals surface area contributed by atoms with Gasteiger partial charge >= 0.3 is 6.11 Å². The fraction of sp³-hybridized carbons (Fsp3) is 0.250. The third-order valence-electron chi connectivity index (χ3n) is 1.18. The van der Waals surface area contributed by atoms with Crippen LogP contribution in [0.15, 0.2) is 18.2 Å². The Bertz CT molecular complexity index is 287. The van der Waals surface area contributed by atoms with Crippen molar-refractivity contribution in [3.63, 3.8) is 0 Å². The van der Waals surface area contributed by atoms with Crippen LogP contribution in [-0.4, -0.2) is 12.8 Å². The number of halogens is 4. The second kappa shape index (κ2) is 3.64. The van der Waals surface area contributed by atoms with E-state index in [-0.39, 0.29) is 0 Å². The zero-order valence-corrected chi connectivity index (χ0v) is 6.36. The molecule has 0 aliphatic heterocycles. The normalized spacial score (nSPS) is 11.4. The van der Waals surface area contributed by atoms with Gasteiger partial charge < -0.3 is 4.74 Å². The molecule has 0 unspecified atom stereocenters. The largest absolute Gasteiger partial charge is 0.427 e. The summed E-state index contributed by atoms with van der Waals surface area (Å²) in [6.07, 6.45) is -4.00. The second-order valence-corrected chi connectivity index (χ2v) is 2.22. The monoisotopic (exact) mass is 193 g/mol. The van der Waals surface area contributed by atoms with Gasteiger partial charge in [0.1, 0.15) is 0 Å². The molecule has 0 fully saturated rings. The number of rotatable bonds is 3. The van der Waals surface area contributed by atoms with E-state index in [0.29, 0.717) is 0 Å². The van der Waals surface area contributed by atoms with Gasteiger partial charge in [-0.1, -0.05) is 12.1 Å². The molecule has 0 aromatic heterocycles. The maximum Gasteiger partial charge on any atom is 0.427 e. The van der Waals surface area contributed by atoms with Crippen LogP contribution in [0, 0.1) is 11.9 Å². The van der Waals surface area contributed by atoms with E-state index in [0.717, 1.165) is 6.07 Å². The number of hydrogen-bond acceptors (Lipinski definition) is 1. The molecular weight excluding hydrogens is 188 g/mol. The van der Waals surface area contributed by atoms with Gasteiger partial charge in [-0.25, -0.2) is 8.78 Å². The molecule has 0 heterocycles. The first kappa shape index (κ1) is 9.83. The maximum atomic E-state index is 12.6. The number of ether oxygens (including phenoxy) is 1. The van der Waals surface area contributed by atoms with E-state index in [2.05, 4.69) is 10.8 Å². The number of hydrogen-bond donors (Lipinski definition) is 0. The van der Waals surface area contributed by atoms with Crippen molar-refractivity contribution in [1.29, 1.82) is 0 Å². The van der Waals surface area contributed by atoms with Crippen molar-refractivity contribution in [3.8, 4) is 5.75 Å². The zero-order chi connectivity index (χ0) is 9.90. The van der Waals surface area contributed by atoms with Crippen LogP contribution in [0.3, 0.4) is 0 Å². The first-order chi connectivity index (χ1) is 6.05. The minimum absolute atomic E-state index is 0.787. The van der Waals surface area contributed by atoms with E-state index in [1.54, 1.807) is 0 Å². The molecule has 1 nitrogen and oxygen atoms in total. The molecule has 0 atom stereocenters. The molecule has 1 aromatic carbocycles. The molecule has 5 heteroatoms. The van der Waals surface area contributed by atoms with Crippen molar-refractivity contribution in [2.75, 3.05) is 6.67 Å². The van der Waals surface area contributed by atoms with Gasteiger partial charge in [0, 0.05) is 6.07 Å². The summed E-state index contributed by atoms with van der Waals surface area (Å²) in [5.41, 5.74) is 0. The highest BCUT2D eigenvalue weighted by Crippen LogP contribution is 2.23. The molecular formula is C8H5F4O. The lowest BCUT2D eigenvalue weighted by Gasteiger charge is -2.14. The predicted octanol–water partition coefficient (Wildman–Crippen LogP) is 2.57. The third kappa shape index (κ3) is 2.61. The van der Waals surface area contributed by atoms with Crippen LogP contribution in [0.5, 0.6) is 5.75 Å². The summed E-state index contributed by atoms with van der Waals surface area (Å²) in [4.78, 5) is 0. The summed E-state index contributed by atoms with van der Waals surface area (Å²) in [6, 6.07) is 5.45. The van der Waals surface area contributed by atoms with Gasteiger partial charge in [-0.2, -0.15) is 8.78 Å². The molecule has 0 spiro atoms. The average Bonchev–Trinajstić information content (AvgIpc) is 2.09. The quantitative estimate of drug-likeness (QED) is 0.670. The Labute approximate surface area is 71.9 Å². The molecule has 71 valence electrons. The highest BCUT2D eigenvalue weighted by atomic mass is 19.3. The SMILES string of the molecule is FCC(F)(F)Oc1[c]cccc1F. The van der Waals surface area contributed by atoms with Crippen molar-refractivity contribution in [3.05, 3.63) is 30.1 Å². The van der Waals surface area contributed by atoms with Gasteiger partial charge in [0.25, 0.3) is 0 Å². The number of alkyl halides is 3.